The number of carbonyl (C=O) groups excluding carboxylic acids is 1. The van der Waals surface area contributed by atoms with Crippen LogP contribution in [0, 0.1) is 0 Å². The van der Waals surface area contributed by atoms with Crippen LogP contribution < -0.4 is 11.3 Å². The predicted octanol–water partition coefficient (Wildman–Crippen LogP) is 0.490. The minimum Gasteiger partial charge on any atom is -0.388 e. The fourth-order valence-electron chi connectivity index (χ4n) is 1.18. The molecule has 0 bridgehead atoms. The maximum Gasteiger partial charge on any atom is 0.233 e. The van der Waals surface area contributed by atoms with E-state index >= 15 is 0 Å². The van der Waals surface area contributed by atoms with E-state index in [-0.39, 0.29) is 12.3 Å². The van der Waals surface area contributed by atoms with E-state index in [2.05, 4.69) is 0 Å². The van der Waals surface area contributed by atoms with Crippen molar-refractivity contribution in [3.8, 4) is 0 Å². The lowest BCUT2D eigenvalue weighted by Crippen LogP contribution is -2.30. The van der Waals surface area contributed by atoms with Crippen molar-refractivity contribution < 1.29 is 9.90 Å². The standard InChI is InChI=1S/C10H14N2O2/c11-12-10(14)7-6-9(13)8-4-2-1-3-5-8/h1-5,9,13H,6-7,11H2,(H,12,14)/t9-/m0/s1. The lowest BCUT2D eigenvalue weighted by molar-refractivity contribution is -0.121. The molecule has 1 aromatic carbocycles. The Morgan fingerprint density at radius 2 is 2.07 bits per heavy atom. The molecule has 0 aliphatic rings. The number of hydrazine groups is 1. The third kappa shape index (κ3) is 3.16. The van der Waals surface area contributed by atoms with Gasteiger partial charge in [0.25, 0.3) is 0 Å². The third-order valence-corrected chi connectivity index (χ3v) is 1.99. The summed E-state index contributed by atoms with van der Waals surface area (Å²) < 4.78 is 0. The largest absolute Gasteiger partial charge is 0.388 e. The molecule has 4 nitrogen and oxygen atoms in total. The lowest BCUT2D eigenvalue weighted by atomic mass is 10.1. The highest BCUT2D eigenvalue weighted by Crippen LogP contribution is 2.17. The first-order valence-electron chi connectivity index (χ1n) is 4.46. The van der Waals surface area contributed by atoms with E-state index in [1.54, 1.807) is 0 Å². The summed E-state index contributed by atoms with van der Waals surface area (Å²) in [5.41, 5.74) is 2.84. The predicted molar refractivity (Wildman–Crippen MR) is 53.0 cm³/mol. The Hall–Kier alpha value is -1.39. The highest BCUT2D eigenvalue weighted by Gasteiger charge is 2.08. The van der Waals surface area contributed by atoms with Gasteiger partial charge in [-0.3, -0.25) is 10.2 Å². The average molecular weight is 194 g/mol. The lowest BCUT2D eigenvalue weighted by Gasteiger charge is -2.09. The fraction of sp³-hybridized carbons (Fsp3) is 0.300. The number of rotatable bonds is 4. The van der Waals surface area contributed by atoms with Crippen molar-refractivity contribution >= 4 is 5.91 Å². The van der Waals surface area contributed by atoms with Gasteiger partial charge in [0.15, 0.2) is 0 Å². The maximum atomic E-state index is 10.8. The van der Waals surface area contributed by atoms with Gasteiger partial charge in [-0.2, -0.15) is 0 Å². The SMILES string of the molecule is NNC(=O)CC[C@H](O)c1ccccc1. The number of hydrogen-bond donors (Lipinski definition) is 3. The summed E-state index contributed by atoms with van der Waals surface area (Å²) in [7, 11) is 0. The zero-order valence-corrected chi connectivity index (χ0v) is 7.81. The molecular formula is C10H14N2O2. The van der Waals surface area contributed by atoms with Crippen molar-refractivity contribution in [2.75, 3.05) is 0 Å². The first kappa shape index (κ1) is 10.7. The number of carbonyl (C=O) groups is 1. The van der Waals surface area contributed by atoms with Crippen LogP contribution in [0.1, 0.15) is 24.5 Å². The topological polar surface area (TPSA) is 75.3 Å². The van der Waals surface area contributed by atoms with Gasteiger partial charge in [0.2, 0.25) is 5.91 Å². The molecule has 1 aromatic rings. The molecule has 0 heterocycles. The summed E-state index contributed by atoms with van der Waals surface area (Å²) in [5.74, 6) is 4.65. The number of nitrogens with one attached hydrogen (secondary N) is 1. The van der Waals surface area contributed by atoms with Crippen LogP contribution in [-0.2, 0) is 4.79 Å². The molecule has 1 amide bonds. The van der Waals surface area contributed by atoms with Gasteiger partial charge in [-0.1, -0.05) is 30.3 Å². The van der Waals surface area contributed by atoms with Gasteiger partial charge in [-0.05, 0) is 12.0 Å². The summed E-state index contributed by atoms with van der Waals surface area (Å²) in [6, 6.07) is 9.22. The Kier molecular flexibility index (Phi) is 4.10. The van der Waals surface area contributed by atoms with E-state index in [0.717, 1.165) is 5.56 Å². The highest BCUT2D eigenvalue weighted by molar-refractivity contribution is 5.75. The number of benzene rings is 1. The second kappa shape index (κ2) is 5.36. The van der Waals surface area contributed by atoms with Crippen molar-refractivity contribution in [2.45, 2.75) is 18.9 Å². The van der Waals surface area contributed by atoms with Crippen molar-refractivity contribution in [3.63, 3.8) is 0 Å². The van der Waals surface area contributed by atoms with E-state index < -0.39 is 6.10 Å². The normalized spacial score (nSPS) is 12.1. The first-order valence-corrected chi connectivity index (χ1v) is 4.46. The summed E-state index contributed by atoms with van der Waals surface area (Å²) >= 11 is 0. The molecular weight excluding hydrogens is 180 g/mol. The zero-order chi connectivity index (χ0) is 10.4. The number of hydrogen-bond acceptors (Lipinski definition) is 3. The molecule has 0 saturated carbocycles. The minimum absolute atomic E-state index is 0.229. The summed E-state index contributed by atoms with van der Waals surface area (Å²) in [4.78, 5) is 10.8. The summed E-state index contributed by atoms with van der Waals surface area (Å²) in [6.07, 6.45) is 0.00748. The van der Waals surface area contributed by atoms with E-state index in [9.17, 15) is 9.90 Å². The Morgan fingerprint density at radius 1 is 1.43 bits per heavy atom. The van der Waals surface area contributed by atoms with Crippen LogP contribution in [0.15, 0.2) is 30.3 Å². The minimum atomic E-state index is -0.603. The molecule has 0 unspecified atom stereocenters. The highest BCUT2D eigenvalue weighted by atomic mass is 16.3. The monoisotopic (exact) mass is 194 g/mol. The van der Waals surface area contributed by atoms with Gasteiger partial charge in [0.05, 0.1) is 6.10 Å². The van der Waals surface area contributed by atoms with Crippen LogP contribution in [0.3, 0.4) is 0 Å². The Bertz CT molecular complexity index is 287. The van der Waals surface area contributed by atoms with Crippen LogP contribution in [-0.4, -0.2) is 11.0 Å². The molecule has 0 radical (unpaired) electrons. The molecule has 0 fully saturated rings. The Labute approximate surface area is 82.7 Å². The van der Waals surface area contributed by atoms with Gasteiger partial charge in [0.1, 0.15) is 0 Å². The van der Waals surface area contributed by atoms with Crippen molar-refractivity contribution in [1.82, 2.24) is 5.43 Å². The third-order valence-electron chi connectivity index (χ3n) is 1.99. The quantitative estimate of drug-likeness (QED) is 0.371. The average Bonchev–Trinajstić information content (AvgIpc) is 2.26. The van der Waals surface area contributed by atoms with E-state index in [1.165, 1.54) is 0 Å². The molecule has 4 N–H and O–H groups in total. The Morgan fingerprint density at radius 3 is 2.64 bits per heavy atom. The number of nitrogens with two attached hydrogens (primary N) is 1. The van der Waals surface area contributed by atoms with Crippen LogP contribution in [0.25, 0.3) is 0 Å². The maximum absolute atomic E-state index is 10.8. The molecule has 14 heavy (non-hydrogen) atoms. The number of aliphatic hydroxyl groups excluding tert-OH is 1. The van der Waals surface area contributed by atoms with E-state index in [0.29, 0.717) is 6.42 Å². The van der Waals surface area contributed by atoms with Gasteiger partial charge in [0, 0.05) is 6.42 Å². The molecule has 0 aliphatic heterocycles. The van der Waals surface area contributed by atoms with Gasteiger partial charge in [-0.25, -0.2) is 5.84 Å². The van der Waals surface area contributed by atoms with Gasteiger partial charge < -0.3 is 5.11 Å². The Balaban J connectivity index is 2.43. The van der Waals surface area contributed by atoms with Crippen LogP contribution in [0.5, 0.6) is 0 Å². The summed E-state index contributed by atoms with van der Waals surface area (Å²) in [6.45, 7) is 0. The first-order chi connectivity index (χ1) is 6.74. The molecule has 1 rings (SSSR count). The molecule has 0 spiro atoms. The van der Waals surface area contributed by atoms with E-state index in [4.69, 9.17) is 5.84 Å². The molecule has 1 atom stereocenters. The number of amides is 1. The second-order valence-electron chi connectivity index (χ2n) is 3.03. The van der Waals surface area contributed by atoms with Gasteiger partial charge in [-0.15, -0.1) is 0 Å². The zero-order valence-electron chi connectivity index (χ0n) is 7.81. The molecule has 0 aromatic heterocycles. The smallest absolute Gasteiger partial charge is 0.233 e. The van der Waals surface area contributed by atoms with Crippen LogP contribution in [0.4, 0.5) is 0 Å². The number of aliphatic hydroxyl groups is 1. The summed E-state index contributed by atoms with van der Waals surface area (Å²) in [5, 5.41) is 9.64. The molecule has 76 valence electrons. The van der Waals surface area contributed by atoms with Crippen LogP contribution in [0.2, 0.25) is 0 Å². The van der Waals surface area contributed by atoms with Crippen LogP contribution >= 0.6 is 0 Å². The van der Waals surface area contributed by atoms with Gasteiger partial charge >= 0.3 is 0 Å². The molecule has 0 saturated heterocycles. The van der Waals surface area contributed by atoms with E-state index in [1.807, 2.05) is 35.8 Å². The second-order valence-corrected chi connectivity index (χ2v) is 3.03. The van der Waals surface area contributed by atoms with Crippen molar-refractivity contribution in [1.29, 1.82) is 0 Å². The fourth-order valence-corrected chi connectivity index (χ4v) is 1.18. The van der Waals surface area contributed by atoms with Crippen molar-refractivity contribution in [3.05, 3.63) is 35.9 Å². The van der Waals surface area contributed by atoms with Crippen molar-refractivity contribution in [2.24, 2.45) is 5.84 Å². The molecule has 0 aliphatic carbocycles. The molecule has 4 heteroatoms.